The molecule has 1 aliphatic rings. The number of amides is 1. The fraction of sp³-hybridized carbons (Fsp3) is 0.476. The van der Waals surface area contributed by atoms with Crippen LogP contribution in [-0.4, -0.2) is 73.9 Å². The quantitative estimate of drug-likeness (QED) is 0.247. The van der Waals surface area contributed by atoms with E-state index in [1.54, 1.807) is 31.2 Å². The Bertz CT molecular complexity index is 964. The zero-order valence-corrected chi connectivity index (χ0v) is 17.9. The predicted octanol–water partition coefficient (Wildman–Crippen LogP) is -0.265. The van der Waals surface area contributed by atoms with Gasteiger partial charge in [0.25, 0.3) is 0 Å². The van der Waals surface area contributed by atoms with Crippen LogP contribution in [0.5, 0.6) is 5.75 Å². The van der Waals surface area contributed by atoms with Crippen molar-refractivity contribution in [2.45, 2.75) is 37.7 Å². The summed E-state index contributed by atoms with van der Waals surface area (Å²) in [6.07, 6.45) is -2.12. The van der Waals surface area contributed by atoms with E-state index in [9.17, 15) is 29.6 Å². The second kappa shape index (κ2) is 10.7. The fourth-order valence-corrected chi connectivity index (χ4v) is 3.88. The molecule has 0 aliphatic heterocycles. The third-order valence-electron chi connectivity index (χ3n) is 5.42. The van der Waals surface area contributed by atoms with E-state index >= 15 is 0 Å². The molecule has 0 spiro atoms. The number of ether oxygens (including phenoxy) is 1. The minimum absolute atomic E-state index is 0.00986. The number of anilines is 3. The molecule has 1 heterocycles. The van der Waals surface area contributed by atoms with Crippen molar-refractivity contribution in [3.05, 3.63) is 36.3 Å². The zero-order chi connectivity index (χ0) is 24.1. The maximum Gasteiger partial charge on any atom is 0.229 e. The van der Waals surface area contributed by atoms with Gasteiger partial charge in [0, 0.05) is 17.7 Å². The predicted molar refractivity (Wildman–Crippen MR) is 116 cm³/mol. The van der Waals surface area contributed by atoms with Crippen LogP contribution < -0.4 is 21.1 Å². The van der Waals surface area contributed by atoms with Crippen LogP contribution in [0, 0.1) is 17.7 Å². The third kappa shape index (κ3) is 6.05. The number of aromatic nitrogens is 2. The fourth-order valence-electron chi connectivity index (χ4n) is 3.88. The van der Waals surface area contributed by atoms with Crippen LogP contribution >= 0.6 is 0 Å². The van der Waals surface area contributed by atoms with Crippen molar-refractivity contribution < 1.29 is 34.3 Å². The summed E-state index contributed by atoms with van der Waals surface area (Å²) in [7, 11) is 0. The number of benzene rings is 1. The molecular formula is C21H28FN5O6. The molecule has 1 fully saturated rings. The number of aliphatic hydroxyl groups excluding tert-OH is 4. The van der Waals surface area contributed by atoms with E-state index in [2.05, 4.69) is 20.6 Å². The first-order valence-corrected chi connectivity index (χ1v) is 10.4. The number of rotatable bonds is 10. The van der Waals surface area contributed by atoms with Crippen molar-refractivity contribution >= 4 is 23.4 Å². The molecule has 12 heteroatoms. The molecule has 11 nitrogen and oxygen atoms in total. The molecular weight excluding hydrogens is 437 g/mol. The van der Waals surface area contributed by atoms with E-state index < -0.39 is 54.5 Å². The van der Waals surface area contributed by atoms with Crippen LogP contribution in [0.25, 0.3) is 0 Å². The Hall–Kier alpha value is -3.06. The molecule has 0 bridgehead atoms. The summed E-state index contributed by atoms with van der Waals surface area (Å²) in [5, 5.41) is 44.6. The summed E-state index contributed by atoms with van der Waals surface area (Å²) in [6, 6.07) is 5.74. The lowest BCUT2D eigenvalue weighted by Crippen LogP contribution is -2.44. The van der Waals surface area contributed by atoms with E-state index in [-0.39, 0.29) is 24.8 Å². The molecule has 1 amide bonds. The molecule has 3 rings (SSSR count). The van der Waals surface area contributed by atoms with Crippen LogP contribution in [-0.2, 0) is 4.79 Å². The molecule has 180 valence electrons. The summed E-state index contributed by atoms with van der Waals surface area (Å²) in [6.45, 7) is 1.10. The number of carbonyl (C=O) groups excluding carboxylic acids is 1. The number of hydrogen-bond donors (Lipinski definition) is 7. The van der Waals surface area contributed by atoms with Gasteiger partial charge in [-0.25, -0.2) is 9.37 Å². The van der Waals surface area contributed by atoms with Gasteiger partial charge in [-0.2, -0.15) is 4.98 Å². The van der Waals surface area contributed by atoms with Gasteiger partial charge in [-0.3, -0.25) is 4.79 Å². The van der Waals surface area contributed by atoms with Gasteiger partial charge in [0.1, 0.15) is 12.4 Å². The molecule has 1 aromatic carbocycles. The van der Waals surface area contributed by atoms with Crippen molar-refractivity contribution in [3.63, 3.8) is 0 Å². The average molecular weight is 465 g/mol. The van der Waals surface area contributed by atoms with Crippen LogP contribution in [0.1, 0.15) is 13.3 Å². The first kappa shape index (κ1) is 24.6. The minimum atomic E-state index is -1.26. The Morgan fingerprint density at radius 1 is 1.39 bits per heavy atom. The number of nitrogens with two attached hydrogens (primary N) is 1. The van der Waals surface area contributed by atoms with Gasteiger partial charge in [-0.1, -0.05) is 6.07 Å². The Labute approximate surface area is 189 Å². The van der Waals surface area contributed by atoms with Crippen LogP contribution in [0.4, 0.5) is 21.8 Å². The Morgan fingerprint density at radius 3 is 2.82 bits per heavy atom. The second-order valence-corrected chi connectivity index (χ2v) is 8.02. The topological polar surface area (TPSA) is 183 Å². The van der Waals surface area contributed by atoms with Crippen molar-refractivity contribution in [1.29, 1.82) is 0 Å². The van der Waals surface area contributed by atoms with E-state index in [1.165, 1.54) is 0 Å². The van der Waals surface area contributed by atoms with E-state index in [4.69, 9.17) is 10.5 Å². The Balaban J connectivity index is 1.78. The summed E-state index contributed by atoms with van der Waals surface area (Å²) < 4.78 is 19.9. The third-order valence-corrected chi connectivity index (χ3v) is 5.42. The minimum Gasteiger partial charge on any atom is -0.491 e. The highest BCUT2D eigenvalue weighted by molar-refractivity contribution is 5.79. The molecule has 1 saturated carbocycles. The zero-order valence-electron chi connectivity index (χ0n) is 17.9. The molecule has 0 radical (unpaired) electrons. The van der Waals surface area contributed by atoms with Gasteiger partial charge >= 0.3 is 0 Å². The first-order valence-electron chi connectivity index (χ1n) is 10.4. The van der Waals surface area contributed by atoms with Crippen molar-refractivity contribution in [2.75, 3.05) is 23.8 Å². The summed E-state index contributed by atoms with van der Waals surface area (Å²) in [5.74, 6) is -3.24. The maximum atomic E-state index is 14.4. The summed E-state index contributed by atoms with van der Waals surface area (Å²) in [4.78, 5) is 20.0. The number of nitrogens with one attached hydrogen (secondary N) is 2. The summed E-state index contributed by atoms with van der Waals surface area (Å²) >= 11 is 0. The molecule has 1 aliphatic carbocycles. The molecule has 1 aromatic heterocycles. The van der Waals surface area contributed by atoms with Gasteiger partial charge in [0.2, 0.25) is 11.9 Å². The second-order valence-electron chi connectivity index (χ2n) is 8.02. The number of aliphatic hydroxyl groups is 4. The van der Waals surface area contributed by atoms with Crippen molar-refractivity contribution in [2.24, 2.45) is 17.6 Å². The highest BCUT2D eigenvalue weighted by Crippen LogP contribution is 2.37. The number of carbonyl (C=O) groups is 1. The molecule has 2 aromatic rings. The lowest BCUT2D eigenvalue weighted by molar-refractivity contribution is -0.125. The number of halogens is 1. The van der Waals surface area contributed by atoms with Gasteiger partial charge in [-0.05, 0) is 25.5 Å². The maximum absolute atomic E-state index is 14.4. The first-order chi connectivity index (χ1) is 15.7. The van der Waals surface area contributed by atoms with Crippen LogP contribution in [0.3, 0.4) is 0 Å². The van der Waals surface area contributed by atoms with Gasteiger partial charge in [0.15, 0.2) is 11.6 Å². The average Bonchev–Trinajstić information content (AvgIpc) is 3.10. The lowest BCUT2D eigenvalue weighted by atomic mass is 9.88. The van der Waals surface area contributed by atoms with Crippen LogP contribution in [0.2, 0.25) is 0 Å². The van der Waals surface area contributed by atoms with Crippen LogP contribution in [0.15, 0.2) is 30.5 Å². The molecule has 8 N–H and O–H groups in total. The number of nitrogens with zero attached hydrogens (tertiary/aromatic N) is 2. The molecule has 33 heavy (non-hydrogen) atoms. The lowest BCUT2D eigenvalue weighted by Gasteiger charge is -2.26. The highest BCUT2D eigenvalue weighted by Gasteiger charge is 2.48. The van der Waals surface area contributed by atoms with Crippen molar-refractivity contribution in [1.82, 2.24) is 9.97 Å². The number of hydrogen-bond acceptors (Lipinski definition) is 10. The van der Waals surface area contributed by atoms with Gasteiger partial charge in [0.05, 0.1) is 43.1 Å². The van der Waals surface area contributed by atoms with Gasteiger partial charge < -0.3 is 41.5 Å². The van der Waals surface area contributed by atoms with E-state index in [1.807, 2.05) is 0 Å². The molecule has 1 unspecified atom stereocenters. The Kier molecular flexibility index (Phi) is 7.97. The molecule has 6 atom stereocenters. The normalized spacial score (nSPS) is 24.2. The monoisotopic (exact) mass is 465 g/mol. The molecule has 0 saturated heterocycles. The van der Waals surface area contributed by atoms with E-state index in [0.29, 0.717) is 11.4 Å². The highest BCUT2D eigenvalue weighted by atomic mass is 19.1. The van der Waals surface area contributed by atoms with E-state index in [0.717, 1.165) is 6.20 Å². The SMILES string of the molecule is C[C@@H](O)COc1cccc(Nc2ncc(F)c(N[C@@H]3[C@@H](O)CC([C@@H](O)CO)[C@@H]3C(N)=O)n2)c1. The largest absolute Gasteiger partial charge is 0.491 e. The smallest absolute Gasteiger partial charge is 0.229 e. The summed E-state index contributed by atoms with van der Waals surface area (Å²) in [5.41, 5.74) is 6.00. The standard InChI is InChI=1S/C21H28FN5O6/c1-10(29)9-33-12-4-2-3-11(5-12)25-21-24-7-14(22)20(27-21)26-18-15(30)6-13(16(31)8-28)17(18)19(23)32/h2-5,7,10,13,15-18,28-31H,6,8-9H2,1H3,(H2,23,32)(H2,24,25,26,27)/t10-,13?,15+,16+,17+,18-/m1/s1. The number of primary amides is 1. The Morgan fingerprint density at radius 2 is 2.15 bits per heavy atom. The van der Waals surface area contributed by atoms with Gasteiger partial charge in [-0.15, -0.1) is 0 Å². The van der Waals surface area contributed by atoms with Crippen molar-refractivity contribution in [3.8, 4) is 5.75 Å².